The number of para-hydroxylation sites is 3. The van der Waals surface area contributed by atoms with Crippen LogP contribution in [0.25, 0.3) is 0 Å². The minimum absolute atomic E-state index is 0.250. The zero-order valence-electron chi connectivity index (χ0n) is 17.7. The van der Waals surface area contributed by atoms with Crippen LogP contribution in [0.1, 0.15) is 6.92 Å². The molecule has 0 spiro atoms. The average molecular weight is 435 g/mol. The smallest absolute Gasteiger partial charge is 0.276 e. The van der Waals surface area contributed by atoms with Crippen molar-refractivity contribution in [2.24, 2.45) is 0 Å². The highest BCUT2D eigenvalue weighted by atomic mass is 16.5. The zero-order chi connectivity index (χ0) is 22.6. The van der Waals surface area contributed by atoms with Gasteiger partial charge in [0.05, 0.1) is 6.61 Å². The number of hydrogen-bond acceptors (Lipinski definition) is 6. The van der Waals surface area contributed by atoms with Crippen LogP contribution in [0.2, 0.25) is 0 Å². The predicted octanol–water partition coefficient (Wildman–Crippen LogP) is 3.43. The van der Waals surface area contributed by atoms with E-state index in [2.05, 4.69) is 16.2 Å². The molecule has 0 heterocycles. The molecule has 0 fully saturated rings. The maximum Gasteiger partial charge on any atom is 0.276 e. The lowest BCUT2D eigenvalue weighted by Gasteiger charge is -2.12. The summed E-state index contributed by atoms with van der Waals surface area (Å²) in [6.45, 7) is 1.81. The highest BCUT2D eigenvalue weighted by Crippen LogP contribution is 2.26. The first kappa shape index (κ1) is 22.5. The van der Waals surface area contributed by atoms with Crippen molar-refractivity contribution in [3.63, 3.8) is 0 Å². The fourth-order valence-electron chi connectivity index (χ4n) is 2.67. The van der Waals surface area contributed by atoms with Crippen LogP contribution in [-0.4, -0.2) is 31.6 Å². The van der Waals surface area contributed by atoms with Crippen LogP contribution in [0.15, 0.2) is 78.9 Å². The van der Waals surface area contributed by atoms with Gasteiger partial charge in [0.1, 0.15) is 5.75 Å². The van der Waals surface area contributed by atoms with Gasteiger partial charge in [-0.15, -0.1) is 0 Å². The Kier molecular flexibility index (Phi) is 8.33. The number of hydrazine groups is 1. The lowest BCUT2D eigenvalue weighted by Crippen LogP contribution is -2.45. The molecule has 3 rings (SSSR count). The molecule has 32 heavy (non-hydrogen) atoms. The average Bonchev–Trinajstić information content (AvgIpc) is 2.82. The Bertz CT molecular complexity index is 1010. The van der Waals surface area contributed by atoms with Gasteiger partial charge >= 0.3 is 0 Å². The van der Waals surface area contributed by atoms with E-state index in [1.165, 1.54) is 0 Å². The minimum atomic E-state index is -0.513. The molecule has 0 bridgehead atoms. The molecule has 0 unspecified atom stereocenters. The highest BCUT2D eigenvalue weighted by Gasteiger charge is 2.09. The van der Waals surface area contributed by atoms with Gasteiger partial charge in [-0.1, -0.05) is 30.3 Å². The van der Waals surface area contributed by atoms with Crippen molar-refractivity contribution in [2.75, 3.05) is 25.1 Å². The fourth-order valence-corrected chi connectivity index (χ4v) is 2.67. The van der Waals surface area contributed by atoms with E-state index in [0.29, 0.717) is 23.9 Å². The van der Waals surface area contributed by atoms with E-state index in [1.54, 1.807) is 30.3 Å². The van der Waals surface area contributed by atoms with E-state index >= 15 is 0 Å². The number of ether oxygens (including phenoxy) is 3. The number of amides is 2. The first-order valence-electron chi connectivity index (χ1n) is 10.1. The van der Waals surface area contributed by atoms with Gasteiger partial charge in [-0.3, -0.25) is 20.4 Å². The third-order valence-corrected chi connectivity index (χ3v) is 4.14. The van der Waals surface area contributed by atoms with Crippen LogP contribution >= 0.6 is 0 Å². The van der Waals surface area contributed by atoms with E-state index in [1.807, 2.05) is 55.5 Å². The van der Waals surface area contributed by atoms with Gasteiger partial charge in [-0.05, 0) is 55.5 Å². The molecule has 0 aliphatic heterocycles. The molecule has 8 heteroatoms. The van der Waals surface area contributed by atoms with E-state index in [9.17, 15) is 9.59 Å². The molecule has 0 aromatic heterocycles. The SMILES string of the molecule is CCOc1ccccc1OCC(=O)NNC(=O)COc1ccc(Nc2ccccc2)cc1. The van der Waals surface area contributed by atoms with Crippen LogP contribution in [0.5, 0.6) is 17.2 Å². The van der Waals surface area contributed by atoms with Gasteiger partial charge in [0.15, 0.2) is 24.7 Å². The van der Waals surface area contributed by atoms with E-state index in [-0.39, 0.29) is 13.2 Å². The summed E-state index contributed by atoms with van der Waals surface area (Å²) in [7, 11) is 0. The molecule has 166 valence electrons. The Hall–Kier alpha value is -4.20. The van der Waals surface area contributed by atoms with Crippen molar-refractivity contribution in [1.82, 2.24) is 10.9 Å². The second-order valence-corrected chi connectivity index (χ2v) is 6.57. The standard InChI is InChI=1S/C24H25N3O5/c1-2-30-21-10-6-7-11-22(21)32-17-24(29)27-26-23(28)16-31-20-14-12-19(13-15-20)25-18-8-4-3-5-9-18/h3-15,25H,2,16-17H2,1H3,(H,26,28)(H,27,29). The normalized spacial score (nSPS) is 10.0. The Balaban J connectivity index is 1.36. The summed E-state index contributed by atoms with van der Waals surface area (Å²) in [6.07, 6.45) is 0. The van der Waals surface area contributed by atoms with Crippen molar-refractivity contribution in [3.05, 3.63) is 78.9 Å². The van der Waals surface area contributed by atoms with Crippen LogP contribution < -0.4 is 30.4 Å². The topological polar surface area (TPSA) is 97.9 Å². The summed E-state index contributed by atoms with van der Waals surface area (Å²) >= 11 is 0. The summed E-state index contributed by atoms with van der Waals surface area (Å²) in [5, 5.41) is 3.26. The Labute approximate surface area is 186 Å². The Morgan fingerprint density at radius 2 is 1.19 bits per heavy atom. The largest absolute Gasteiger partial charge is 0.490 e. The molecule has 3 N–H and O–H groups in total. The fraction of sp³-hybridized carbons (Fsp3) is 0.167. The number of carbonyl (C=O) groups is 2. The lowest BCUT2D eigenvalue weighted by atomic mass is 10.2. The second kappa shape index (κ2) is 11.8. The molecule has 0 atom stereocenters. The highest BCUT2D eigenvalue weighted by molar-refractivity contribution is 5.83. The first-order chi connectivity index (χ1) is 15.6. The number of carbonyl (C=O) groups excluding carboxylic acids is 2. The molecule has 3 aromatic carbocycles. The number of hydrogen-bond donors (Lipinski definition) is 3. The van der Waals surface area contributed by atoms with Crippen molar-refractivity contribution >= 4 is 23.2 Å². The molecule has 0 aliphatic rings. The van der Waals surface area contributed by atoms with Crippen molar-refractivity contribution in [1.29, 1.82) is 0 Å². The maximum atomic E-state index is 11.9. The first-order valence-corrected chi connectivity index (χ1v) is 10.1. The third kappa shape index (κ3) is 7.24. The summed E-state index contributed by atoms with van der Waals surface area (Å²) in [5.74, 6) is 0.510. The molecule has 0 saturated carbocycles. The van der Waals surface area contributed by atoms with Crippen molar-refractivity contribution < 1.29 is 23.8 Å². The van der Waals surface area contributed by atoms with E-state index in [4.69, 9.17) is 14.2 Å². The molecule has 8 nitrogen and oxygen atoms in total. The van der Waals surface area contributed by atoms with Crippen LogP contribution in [0, 0.1) is 0 Å². The van der Waals surface area contributed by atoms with Crippen molar-refractivity contribution in [3.8, 4) is 17.2 Å². The molecule has 3 aromatic rings. The number of benzene rings is 3. The van der Waals surface area contributed by atoms with Gasteiger partial charge in [0.2, 0.25) is 0 Å². The van der Waals surface area contributed by atoms with Crippen molar-refractivity contribution in [2.45, 2.75) is 6.92 Å². The second-order valence-electron chi connectivity index (χ2n) is 6.57. The molecule has 0 saturated heterocycles. The third-order valence-electron chi connectivity index (χ3n) is 4.14. The Morgan fingerprint density at radius 3 is 1.81 bits per heavy atom. The minimum Gasteiger partial charge on any atom is -0.490 e. The van der Waals surface area contributed by atoms with Crippen LogP contribution in [-0.2, 0) is 9.59 Å². The summed E-state index contributed by atoms with van der Waals surface area (Å²) < 4.78 is 16.3. The van der Waals surface area contributed by atoms with Crippen LogP contribution in [0.4, 0.5) is 11.4 Å². The maximum absolute atomic E-state index is 11.9. The summed E-state index contributed by atoms with van der Waals surface area (Å²) in [5.41, 5.74) is 6.44. The van der Waals surface area contributed by atoms with E-state index in [0.717, 1.165) is 11.4 Å². The number of nitrogens with one attached hydrogen (secondary N) is 3. The molecule has 2 amide bonds. The summed E-state index contributed by atoms with van der Waals surface area (Å²) in [4.78, 5) is 23.8. The molecule has 0 radical (unpaired) electrons. The molecule has 0 aliphatic carbocycles. The van der Waals surface area contributed by atoms with Crippen LogP contribution in [0.3, 0.4) is 0 Å². The van der Waals surface area contributed by atoms with Gasteiger partial charge in [0, 0.05) is 11.4 Å². The van der Waals surface area contributed by atoms with Gasteiger partial charge < -0.3 is 19.5 Å². The van der Waals surface area contributed by atoms with Gasteiger partial charge in [-0.25, -0.2) is 0 Å². The predicted molar refractivity (Wildman–Crippen MR) is 121 cm³/mol. The zero-order valence-corrected chi connectivity index (χ0v) is 17.7. The monoisotopic (exact) mass is 435 g/mol. The number of anilines is 2. The molecular formula is C24H25N3O5. The molecular weight excluding hydrogens is 410 g/mol. The van der Waals surface area contributed by atoms with E-state index < -0.39 is 11.8 Å². The number of rotatable bonds is 10. The Morgan fingerprint density at radius 1 is 0.656 bits per heavy atom. The van der Waals surface area contributed by atoms with Gasteiger partial charge in [0.25, 0.3) is 11.8 Å². The quantitative estimate of drug-likeness (QED) is 0.422. The lowest BCUT2D eigenvalue weighted by molar-refractivity contribution is -0.131. The van der Waals surface area contributed by atoms with Gasteiger partial charge in [-0.2, -0.15) is 0 Å². The summed E-state index contributed by atoms with van der Waals surface area (Å²) in [6, 6.07) is 24.0.